The molecule has 2 aromatic heterocycles. The summed E-state index contributed by atoms with van der Waals surface area (Å²) in [6.07, 6.45) is 3.89. The molecule has 0 saturated heterocycles. The Balaban J connectivity index is 1.61. The first-order chi connectivity index (χ1) is 13.4. The van der Waals surface area contributed by atoms with Gasteiger partial charge >= 0.3 is 0 Å². The van der Waals surface area contributed by atoms with Crippen LogP contribution < -0.4 is 10.6 Å². The molecule has 28 heavy (non-hydrogen) atoms. The average molecular weight is 502 g/mol. The van der Waals surface area contributed by atoms with Gasteiger partial charge in [0.15, 0.2) is 10.9 Å². The molecule has 0 radical (unpaired) electrons. The highest BCUT2D eigenvalue weighted by molar-refractivity contribution is 9.10. The molecule has 0 unspecified atom stereocenters. The van der Waals surface area contributed by atoms with Crippen LogP contribution in [0.3, 0.4) is 0 Å². The minimum absolute atomic E-state index is 0.485. The van der Waals surface area contributed by atoms with E-state index >= 15 is 0 Å². The highest BCUT2D eigenvalue weighted by atomic mass is 79.9. The maximum absolute atomic E-state index is 6.24. The van der Waals surface area contributed by atoms with Crippen molar-refractivity contribution in [2.24, 2.45) is 0 Å². The van der Waals surface area contributed by atoms with Crippen LogP contribution in [0.15, 0.2) is 35.1 Å². The lowest BCUT2D eigenvalue weighted by Gasteiger charge is -2.08. The quantitative estimate of drug-likeness (QED) is 0.465. The number of aromatic nitrogens is 4. The van der Waals surface area contributed by atoms with Crippen LogP contribution in [0.2, 0.25) is 10.0 Å². The Hall–Kier alpha value is -1.61. The van der Waals surface area contributed by atoms with E-state index in [1.54, 1.807) is 10.7 Å². The number of halogens is 3. The Labute approximate surface area is 187 Å². The molecule has 0 aliphatic rings. The summed E-state index contributed by atoms with van der Waals surface area (Å²) in [5, 5.41) is 16.9. The minimum atomic E-state index is 0.485. The number of aryl methyl sites for hydroxylation is 2. The molecule has 0 bridgehead atoms. The zero-order chi connectivity index (χ0) is 20.3. The molecular weight excluding hydrogens is 483 g/mol. The Morgan fingerprint density at radius 2 is 1.96 bits per heavy atom. The van der Waals surface area contributed by atoms with Crippen molar-refractivity contribution in [3.8, 4) is 0 Å². The molecule has 0 aliphatic heterocycles. The maximum Gasteiger partial charge on any atom is 0.172 e. The highest BCUT2D eigenvalue weighted by Gasteiger charge is 2.11. The number of hydrogen-bond donors (Lipinski definition) is 2. The number of hydrogen-bond acceptors (Lipinski definition) is 3. The van der Waals surface area contributed by atoms with E-state index in [2.05, 4.69) is 43.7 Å². The zero-order valence-electron chi connectivity index (χ0n) is 15.3. The smallest absolute Gasteiger partial charge is 0.172 e. The molecule has 0 spiro atoms. The Bertz CT molecular complexity index is 1000. The fraction of sp³-hybridized carbons (Fsp3) is 0.278. The van der Waals surface area contributed by atoms with Gasteiger partial charge < -0.3 is 10.6 Å². The molecule has 2 N–H and O–H groups in total. The molecule has 3 aromatic rings. The van der Waals surface area contributed by atoms with Gasteiger partial charge in [0.25, 0.3) is 0 Å². The van der Waals surface area contributed by atoms with Crippen molar-refractivity contribution in [3.63, 3.8) is 0 Å². The van der Waals surface area contributed by atoms with E-state index in [0.29, 0.717) is 34.1 Å². The molecule has 6 nitrogen and oxygen atoms in total. The lowest BCUT2D eigenvalue weighted by atomic mass is 10.2. The zero-order valence-corrected chi connectivity index (χ0v) is 19.3. The Morgan fingerprint density at radius 1 is 1.18 bits per heavy atom. The second-order valence-corrected chi connectivity index (χ2v) is 8.27. The summed E-state index contributed by atoms with van der Waals surface area (Å²) in [6, 6.07) is 5.42. The van der Waals surface area contributed by atoms with Crippen molar-refractivity contribution in [3.05, 3.63) is 61.9 Å². The lowest BCUT2D eigenvalue weighted by Crippen LogP contribution is -2.28. The largest absolute Gasteiger partial charge is 0.358 e. The first-order valence-corrected chi connectivity index (χ1v) is 10.6. The molecule has 148 valence electrons. The van der Waals surface area contributed by atoms with E-state index in [0.717, 1.165) is 27.8 Å². The topological polar surface area (TPSA) is 59.7 Å². The summed E-state index contributed by atoms with van der Waals surface area (Å²) in [5.41, 5.74) is 3.02. The standard InChI is InChI=1S/C18H19BrCl2N6S/c1-3-26-9-13(11(2)24-26)7-22-18(28)23-17-15(19)10-27(25-17)8-12-4-5-14(20)6-16(12)21/h4-6,9-10H,3,7-8H2,1-2H3,(H2,22,23,25,28). The Morgan fingerprint density at radius 3 is 2.64 bits per heavy atom. The normalized spacial score (nSPS) is 10.9. The number of anilines is 1. The molecule has 0 fully saturated rings. The van der Waals surface area contributed by atoms with Crippen LogP contribution in [0, 0.1) is 6.92 Å². The summed E-state index contributed by atoms with van der Waals surface area (Å²) in [5.74, 6) is 0.628. The molecule has 2 heterocycles. The van der Waals surface area contributed by atoms with Crippen LogP contribution >= 0.6 is 51.3 Å². The maximum atomic E-state index is 6.24. The van der Waals surface area contributed by atoms with E-state index < -0.39 is 0 Å². The number of benzene rings is 1. The van der Waals surface area contributed by atoms with Gasteiger partial charge in [0, 0.05) is 41.1 Å². The van der Waals surface area contributed by atoms with Crippen molar-refractivity contribution < 1.29 is 0 Å². The summed E-state index contributed by atoms with van der Waals surface area (Å²) in [6.45, 7) is 5.99. The molecule has 1 aromatic carbocycles. The third kappa shape index (κ3) is 5.26. The molecule has 0 saturated carbocycles. The summed E-state index contributed by atoms with van der Waals surface area (Å²) >= 11 is 21.1. The SMILES string of the molecule is CCn1cc(CNC(=S)Nc2nn(Cc3ccc(Cl)cc3Cl)cc2Br)c(C)n1. The van der Waals surface area contributed by atoms with Gasteiger partial charge in [-0.15, -0.1) is 0 Å². The van der Waals surface area contributed by atoms with Crippen LogP contribution in [-0.2, 0) is 19.6 Å². The second kappa shape index (κ2) is 9.26. The average Bonchev–Trinajstić information content (AvgIpc) is 3.17. The summed E-state index contributed by atoms with van der Waals surface area (Å²) in [7, 11) is 0. The number of thiocarbonyl (C=S) groups is 1. The van der Waals surface area contributed by atoms with Crippen LogP contribution in [0.5, 0.6) is 0 Å². The Kier molecular flexibility index (Phi) is 6.98. The van der Waals surface area contributed by atoms with E-state index in [4.69, 9.17) is 35.4 Å². The third-order valence-corrected chi connectivity index (χ3v) is 5.52. The van der Waals surface area contributed by atoms with Gasteiger partial charge in [-0.3, -0.25) is 9.36 Å². The van der Waals surface area contributed by atoms with Crippen LogP contribution in [-0.4, -0.2) is 24.7 Å². The second-order valence-electron chi connectivity index (χ2n) is 6.16. The predicted octanol–water partition coefficient (Wildman–Crippen LogP) is 5.01. The number of rotatable bonds is 6. The van der Waals surface area contributed by atoms with E-state index in [1.165, 1.54) is 0 Å². The predicted molar refractivity (Wildman–Crippen MR) is 121 cm³/mol. The monoisotopic (exact) mass is 500 g/mol. The fourth-order valence-electron chi connectivity index (χ4n) is 2.61. The van der Waals surface area contributed by atoms with E-state index in [9.17, 15) is 0 Å². The molecule has 0 aliphatic carbocycles. The molecule has 0 atom stereocenters. The summed E-state index contributed by atoms with van der Waals surface area (Å²) < 4.78 is 4.49. The van der Waals surface area contributed by atoms with Crippen LogP contribution in [0.25, 0.3) is 0 Å². The first-order valence-electron chi connectivity index (χ1n) is 8.60. The minimum Gasteiger partial charge on any atom is -0.358 e. The third-order valence-electron chi connectivity index (χ3n) is 4.11. The van der Waals surface area contributed by atoms with Gasteiger partial charge in [0.1, 0.15) is 0 Å². The van der Waals surface area contributed by atoms with Gasteiger partial charge in [-0.1, -0.05) is 29.3 Å². The summed E-state index contributed by atoms with van der Waals surface area (Å²) in [4.78, 5) is 0. The van der Waals surface area contributed by atoms with Gasteiger partial charge in [-0.05, 0) is 59.7 Å². The highest BCUT2D eigenvalue weighted by Crippen LogP contribution is 2.24. The van der Waals surface area contributed by atoms with Gasteiger partial charge in [0.2, 0.25) is 0 Å². The molecule has 3 rings (SSSR count). The lowest BCUT2D eigenvalue weighted by molar-refractivity contribution is 0.653. The molecular formula is C18H19BrCl2N6S. The van der Waals surface area contributed by atoms with Gasteiger partial charge in [-0.2, -0.15) is 10.2 Å². The first kappa shape index (κ1) is 21.1. The number of nitrogens with zero attached hydrogens (tertiary/aromatic N) is 4. The molecule has 0 amide bonds. The van der Waals surface area contributed by atoms with Crippen LogP contribution in [0.4, 0.5) is 5.82 Å². The van der Waals surface area contributed by atoms with Gasteiger partial charge in [0.05, 0.1) is 16.7 Å². The van der Waals surface area contributed by atoms with E-state index in [-0.39, 0.29) is 0 Å². The number of nitrogens with one attached hydrogen (secondary N) is 2. The van der Waals surface area contributed by atoms with Gasteiger partial charge in [-0.25, -0.2) is 0 Å². The van der Waals surface area contributed by atoms with Crippen LogP contribution in [0.1, 0.15) is 23.7 Å². The molecule has 10 heteroatoms. The fourth-order valence-corrected chi connectivity index (χ4v) is 3.66. The van der Waals surface area contributed by atoms with E-state index in [1.807, 2.05) is 36.1 Å². The van der Waals surface area contributed by atoms with Crippen molar-refractivity contribution in [1.82, 2.24) is 24.9 Å². The van der Waals surface area contributed by atoms with Crippen molar-refractivity contribution in [2.45, 2.75) is 33.5 Å². The van der Waals surface area contributed by atoms with Crippen molar-refractivity contribution >= 4 is 62.3 Å². The van der Waals surface area contributed by atoms with Crippen molar-refractivity contribution in [2.75, 3.05) is 5.32 Å². The van der Waals surface area contributed by atoms with Crippen molar-refractivity contribution in [1.29, 1.82) is 0 Å².